The molecular weight excluding hydrogens is 294 g/mol. The van der Waals surface area contributed by atoms with Gasteiger partial charge in [0.05, 0.1) is 17.4 Å². The van der Waals surface area contributed by atoms with Gasteiger partial charge in [-0.2, -0.15) is 5.10 Å². The number of amidine groups is 1. The zero-order valence-corrected chi connectivity index (χ0v) is 12.4. The number of aryl methyl sites for hydroxylation is 1. The van der Waals surface area contributed by atoms with Crippen molar-refractivity contribution in [3.8, 4) is 0 Å². The smallest absolute Gasteiger partial charge is 0.256 e. The van der Waals surface area contributed by atoms with E-state index in [0.29, 0.717) is 16.8 Å². The zero-order chi connectivity index (χ0) is 16.4. The van der Waals surface area contributed by atoms with Gasteiger partial charge in [0.15, 0.2) is 5.84 Å². The van der Waals surface area contributed by atoms with Crippen LogP contribution in [0, 0.1) is 6.92 Å². The Morgan fingerprint density at radius 1 is 1.35 bits per heavy atom. The highest BCUT2D eigenvalue weighted by Crippen LogP contribution is 2.18. The highest BCUT2D eigenvalue weighted by atomic mass is 16.4. The molecule has 2 heterocycles. The van der Waals surface area contributed by atoms with E-state index in [0.717, 1.165) is 11.1 Å². The summed E-state index contributed by atoms with van der Waals surface area (Å²) in [6, 6.07) is 10.6. The molecular formula is C16H15N5O2. The highest BCUT2D eigenvalue weighted by Gasteiger charge is 2.14. The van der Waals surface area contributed by atoms with E-state index in [1.54, 1.807) is 35.1 Å². The zero-order valence-electron chi connectivity index (χ0n) is 12.4. The van der Waals surface area contributed by atoms with Gasteiger partial charge >= 0.3 is 0 Å². The number of nitrogens with one attached hydrogen (secondary N) is 1. The number of amides is 1. The molecule has 0 aliphatic heterocycles. The Morgan fingerprint density at radius 2 is 2.17 bits per heavy atom. The van der Waals surface area contributed by atoms with E-state index >= 15 is 0 Å². The molecule has 1 amide bonds. The number of fused-ring (bicyclic) bond motifs is 1. The predicted molar refractivity (Wildman–Crippen MR) is 86.8 cm³/mol. The van der Waals surface area contributed by atoms with Crippen molar-refractivity contribution in [1.29, 1.82) is 0 Å². The lowest BCUT2D eigenvalue weighted by atomic mass is 10.0. The summed E-state index contributed by atoms with van der Waals surface area (Å²) in [6.07, 6.45) is 3.39. The van der Waals surface area contributed by atoms with Crippen LogP contribution in [-0.2, 0) is 0 Å². The first-order valence-electron chi connectivity index (χ1n) is 6.92. The maximum atomic E-state index is 12.5. The van der Waals surface area contributed by atoms with Gasteiger partial charge in [0.1, 0.15) is 0 Å². The van der Waals surface area contributed by atoms with E-state index in [9.17, 15) is 4.79 Å². The number of anilines is 1. The van der Waals surface area contributed by atoms with Gasteiger partial charge < -0.3 is 16.3 Å². The molecule has 0 bridgehead atoms. The number of carbonyl (C=O) groups excluding carboxylic acids is 1. The lowest BCUT2D eigenvalue weighted by molar-refractivity contribution is 0.102. The summed E-state index contributed by atoms with van der Waals surface area (Å²) < 4.78 is 1.68. The standard InChI is InChI=1S/C16H15N5O2/c1-10-5-6-11(15(17)20-23)8-12(10)16(22)19-13-9-18-21-7-3-2-4-14(13)21/h2-9,23H,1H3,(H2,17,20)(H,19,22). The topological polar surface area (TPSA) is 105 Å². The molecule has 23 heavy (non-hydrogen) atoms. The van der Waals surface area contributed by atoms with Crippen molar-refractivity contribution in [2.24, 2.45) is 10.9 Å². The van der Waals surface area contributed by atoms with Crippen LogP contribution in [0.1, 0.15) is 21.5 Å². The molecule has 1 aromatic carbocycles. The van der Waals surface area contributed by atoms with E-state index in [1.807, 2.05) is 25.1 Å². The molecule has 0 unspecified atom stereocenters. The number of aromatic nitrogens is 2. The molecule has 0 saturated carbocycles. The van der Waals surface area contributed by atoms with Crippen molar-refractivity contribution in [2.45, 2.75) is 6.92 Å². The van der Waals surface area contributed by atoms with Crippen LogP contribution >= 0.6 is 0 Å². The molecule has 0 fully saturated rings. The summed E-state index contributed by atoms with van der Waals surface area (Å²) >= 11 is 0. The van der Waals surface area contributed by atoms with E-state index in [-0.39, 0.29) is 11.7 Å². The van der Waals surface area contributed by atoms with E-state index < -0.39 is 0 Å². The third kappa shape index (κ3) is 2.71. The monoisotopic (exact) mass is 309 g/mol. The molecule has 7 nitrogen and oxygen atoms in total. The summed E-state index contributed by atoms with van der Waals surface area (Å²) in [5.41, 5.74) is 8.70. The maximum Gasteiger partial charge on any atom is 0.256 e. The SMILES string of the molecule is Cc1ccc(/C(N)=N/O)cc1C(=O)Nc1cnn2ccccc12. The van der Waals surface area contributed by atoms with Crippen LogP contribution in [0.15, 0.2) is 53.9 Å². The third-order valence-electron chi connectivity index (χ3n) is 3.56. The first-order valence-corrected chi connectivity index (χ1v) is 6.92. The molecule has 4 N–H and O–H groups in total. The van der Waals surface area contributed by atoms with Crippen molar-refractivity contribution in [3.05, 3.63) is 65.5 Å². The first-order chi connectivity index (χ1) is 11.1. The fraction of sp³-hybridized carbons (Fsp3) is 0.0625. The molecule has 0 saturated heterocycles. The first kappa shape index (κ1) is 14.6. The molecule has 2 aromatic heterocycles. The Kier molecular flexibility index (Phi) is 3.68. The number of nitrogens with zero attached hydrogens (tertiary/aromatic N) is 3. The van der Waals surface area contributed by atoms with Crippen LogP contribution in [0.5, 0.6) is 0 Å². The van der Waals surface area contributed by atoms with Crippen molar-refractivity contribution in [1.82, 2.24) is 9.61 Å². The quantitative estimate of drug-likeness (QED) is 0.298. The summed E-state index contributed by atoms with van der Waals surface area (Å²) in [5.74, 6) is -0.330. The van der Waals surface area contributed by atoms with E-state index in [2.05, 4.69) is 15.6 Å². The number of hydrogen-bond donors (Lipinski definition) is 3. The van der Waals surface area contributed by atoms with Crippen molar-refractivity contribution in [3.63, 3.8) is 0 Å². The average Bonchev–Trinajstić information content (AvgIpc) is 2.97. The second kappa shape index (κ2) is 5.80. The minimum atomic E-state index is -0.283. The van der Waals surface area contributed by atoms with Crippen molar-refractivity contribution in [2.75, 3.05) is 5.32 Å². The molecule has 0 aliphatic carbocycles. The molecule has 3 rings (SSSR count). The lowest BCUT2D eigenvalue weighted by Gasteiger charge is -2.08. The van der Waals surface area contributed by atoms with Gasteiger partial charge in [0.25, 0.3) is 5.91 Å². The number of rotatable bonds is 3. The Bertz CT molecular complexity index is 914. The Hall–Kier alpha value is -3.35. The van der Waals surface area contributed by atoms with E-state index in [4.69, 9.17) is 10.9 Å². The van der Waals surface area contributed by atoms with Crippen molar-refractivity contribution >= 4 is 22.9 Å². The van der Waals surface area contributed by atoms with Crippen LogP contribution in [0.25, 0.3) is 5.52 Å². The van der Waals surface area contributed by atoms with Crippen LogP contribution in [0.2, 0.25) is 0 Å². The fourth-order valence-electron chi connectivity index (χ4n) is 2.30. The van der Waals surface area contributed by atoms with Gasteiger partial charge in [-0.25, -0.2) is 4.52 Å². The van der Waals surface area contributed by atoms with E-state index in [1.165, 1.54) is 0 Å². The number of carbonyl (C=O) groups is 1. The summed E-state index contributed by atoms with van der Waals surface area (Å²) in [4.78, 5) is 12.5. The highest BCUT2D eigenvalue weighted by molar-refractivity contribution is 6.09. The normalized spacial score (nSPS) is 11.6. The second-order valence-corrected chi connectivity index (χ2v) is 5.06. The summed E-state index contributed by atoms with van der Waals surface area (Å²) in [6.45, 7) is 1.82. The Morgan fingerprint density at radius 3 is 2.96 bits per heavy atom. The number of oxime groups is 1. The molecule has 116 valence electrons. The van der Waals surface area contributed by atoms with Crippen LogP contribution < -0.4 is 11.1 Å². The number of nitrogens with two attached hydrogens (primary N) is 1. The maximum absolute atomic E-state index is 12.5. The Balaban J connectivity index is 1.94. The van der Waals surface area contributed by atoms with Gasteiger partial charge in [0, 0.05) is 17.3 Å². The largest absolute Gasteiger partial charge is 0.409 e. The minimum absolute atomic E-state index is 0.0463. The molecule has 0 aliphatic rings. The fourth-order valence-corrected chi connectivity index (χ4v) is 2.30. The number of benzene rings is 1. The molecule has 0 radical (unpaired) electrons. The van der Waals surface area contributed by atoms with Gasteiger partial charge in [-0.1, -0.05) is 23.4 Å². The van der Waals surface area contributed by atoms with Gasteiger partial charge in [-0.3, -0.25) is 4.79 Å². The molecule has 0 spiro atoms. The second-order valence-electron chi connectivity index (χ2n) is 5.06. The predicted octanol–water partition coefficient (Wildman–Crippen LogP) is 1.99. The van der Waals surface area contributed by atoms with Crippen LogP contribution in [-0.4, -0.2) is 26.6 Å². The van der Waals surface area contributed by atoms with Crippen LogP contribution in [0.4, 0.5) is 5.69 Å². The molecule has 0 atom stereocenters. The van der Waals surface area contributed by atoms with Gasteiger partial charge in [0.2, 0.25) is 0 Å². The molecule has 3 aromatic rings. The molecule has 7 heteroatoms. The minimum Gasteiger partial charge on any atom is -0.409 e. The third-order valence-corrected chi connectivity index (χ3v) is 3.56. The lowest BCUT2D eigenvalue weighted by Crippen LogP contribution is -2.17. The van der Waals surface area contributed by atoms with Gasteiger partial charge in [-0.15, -0.1) is 0 Å². The Labute approximate surface area is 132 Å². The average molecular weight is 309 g/mol. The number of pyridine rings is 1. The van der Waals surface area contributed by atoms with Crippen LogP contribution in [0.3, 0.4) is 0 Å². The van der Waals surface area contributed by atoms with Crippen molar-refractivity contribution < 1.29 is 10.0 Å². The summed E-state index contributed by atoms with van der Waals surface area (Å²) in [5, 5.41) is 18.7. The number of hydrogen-bond acceptors (Lipinski definition) is 4. The summed E-state index contributed by atoms with van der Waals surface area (Å²) in [7, 11) is 0. The van der Waals surface area contributed by atoms with Gasteiger partial charge in [-0.05, 0) is 30.7 Å².